The van der Waals surface area contributed by atoms with Gasteiger partial charge >= 0.3 is 0 Å². The average Bonchev–Trinajstić information content (AvgIpc) is 2.72. The number of benzene rings is 1. The van der Waals surface area contributed by atoms with Crippen molar-refractivity contribution in [2.75, 3.05) is 20.2 Å². The molecule has 6 nitrogen and oxygen atoms in total. The minimum absolute atomic E-state index is 0.0915. The summed E-state index contributed by atoms with van der Waals surface area (Å²) in [5.41, 5.74) is 3.09. The Kier molecular flexibility index (Phi) is 6.32. The quantitative estimate of drug-likeness (QED) is 0.588. The minimum atomic E-state index is -0.0915. The molecular weight excluding hydrogens is 352 g/mol. The van der Waals surface area contributed by atoms with Gasteiger partial charge in [0.2, 0.25) is 0 Å². The number of aromatic nitrogens is 3. The number of carbonyl (C=O) groups excluding carboxylic acids is 1. The van der Waals surface area contributed by atoms with Crippen molar-refractivity contribution in [2.24, 2.45) is 0 Å². The molecule has 1 aromatic carbocycles. The molecule has 0 aliphatic rings. The fourth-order valence-electron chi connectivity index (χ4n) is 2.82. The molecule has 0 unspecified atom stereocenters. The molecule has 1 amide bonds. The summed E-state index contributed by atoms with van der Waals surface area (Å²) in [5.74, 6) is 1.36. The van der Waals surface area contributed by atoms with Crippen LogP contribution in [0, 0.1) is 13.8 Å². The van der Waals surface area contributed by atoms with Gasteiger partial charge in [0.25, 0.3) is 5.91 Å². The van der Waals surface area contributed by atoms with Crippen molar-refractivity contribution in [1.29, 1.82) is 0 Å². The van der Waals surface area contributed by atoms with Crippen LogP contribution in [0.4, 0.5) is 0 Å². The third-order valence-electron chi connectivity index (χ3n) is 4.47. The van der Waals surface area contributed by atoms with Gasteiger partial charge in [-0.1, -0.05) is 18.2 Å². The fraction of sp³-hybridized carbons (Fsp3) is 0.273. The first-order chi connectivity index (χ1) is 13.6. The molecule has 0 bridgehead atoms. The maximum atomic E-state index is 12.7. The molecule has 144 valence electrons. The van der Waals surface area contributed by atoms with E-state index in [1.807, 2.05) is 50.2 Å². The Balaban J connectivity index is 1.56. The van der Waals surface area contributed by atoms with Crippen LogP contribution in [0.2, 0.25) is 0 Å². The number of nitrogens with zero attached hydrogens (tertiary/aromatic N) is 4. The Morgan fingerprint density at radius 1 is 1.11 bits per heavy atom. The zero-order valence-corrected chi connectivity index (χ0v) is 16.4. The molecule has 0 saturated carbocycles. The van der Waals surface area contributed by atoms with Gasteiger partial charge in [-0.05, 0) is 44.0 Å². The smallest absolute Gasteiger partial charge is 0.257 e. The van der Waals surface area contributed by atoms with E-state index in [0.717, 1.165) is 23.3 Å². The van der Waals surface area contributed by atoms with E-state index in [9.17, 15) is 4.79 Å². The molecule has 28 heavy (non-hydrogen) atoms. The zero-order valence-electron chi connectivity index (χ0n) is 16.4. The highest BCUT2D eigenvalue weighted by molar-refractivity contribution is 5.94. The lowest BCUT2D eigenvalue weighted by atomic mass is 10.2. The number of hydrogen-bond acceptors (Lipinski definition) is 5. The molecule has 3 aromatic rings. The lowest BCUT2D eigenvalue weighted by molar-refractivity contribution is 0.0786. The highest BCUT2D eigenvalue weighted by Crippen LogP contribution is 2.17. The first-order valence-corrected chi connectivity index (χ1v) is 9.24. The molecule has 0 radical (unpaired) electrons. The van der Waals surface area contributed by atoms with E-state index >= 15 is 0 Å². The van der Waals surface area contributed by atoms with Crippen LogP contribution in [0.15, 0.2) is 55.0 Å². The van der Waals surface area contributed by atoms with Gasteiger partial charge in [0.1, 0.15) is 5.75 Å². The molecule has 0 saturated heterocycles. The molecule has 0 fully saturated rings. The van der Waals surface area contributed by atoms with Gasteiger partial charge in [0.15, 0.2) is 5.82 Å². The Morgan fingerprint density at radius 3 is 2.64 bits per heavy atom. The van der Waals surface area contributed by atoms with E-state index in [2.05, 4.69) is 15.0 Å². The van der Waals surface area contributed by atoms with Crippen molar-refractivity contribution in [2.45, 2.75) is 20.3 Å². The predicted octanol–water partition coefficient (Wildman–Crippen LogP) is 3.70. The Labute approximate surface area is 165 Å². The van der Waals surface area contributed by atoms with Crippen molar-refractivity contribution in [3.8, 4) is 17.1 Å². The van der Waals surface area contributed by atoms with Crippen molar-refractivity contribution < 1.29 is 9.53 Å². The van der Waals surface area contributed by atoms with Crippen LogP contribution in [-0.4, -0.2) is 46.0 Å². The van der Waals surface area contributed by atoms with E-state index in [1.165, 1.54) is 0 Å². The zero-order chi connectivity index (χ0) is 19.9. The maximum Gasteiger partial charge on any atom is 0.257 e. The van der Waals surface area contributed by atoms with Crippen molar-refractivity contribution in [3.63, 3.8) is 0 Å². The fourth-order valence-corrected chi connectivity index (χ4v) is 2.82. The van der Waals surface area contributed by atoms with Crippen molar-refractivity contribution in [1.82, 2.24) is 19.9 Å². The van der Waals surface area contributed by atoms with E-state index in [4.69, 9.17) is 4.74 Å². The van der Waals surface area contributed by atoms with Gasteiger partial charge in [-0.15, -0.1) is 0 Å². The minimum Gasteiger partial charge on any atom is -0.493 e. The van der Waals surface area contributed by atoms with Crippen LogP contribution in [0.3, 0.4) is 0 Å². The van der Waals surface area contributed by atoms with Gasteiger partial charge in [0, 0.05) is 37.7 Å². The van der Waals surface area contributed by atoms with Crippen LogP contribution in [-0.2, 0) is 0 Å². The third kappa shape index (κ3) is 4.71. The topological polar surface area (TPSA) is 68.2 Å². The summed E-state index contributed by atoms with van der Waals surface area (Å²) in [7, 11) is 1.78. The largest absolute Gasteiger partial charge is 0.493 e. The summed E-state index contributed by atoms with van der Waals surface area (Å²) in [6, 6.07) is 11.6. The number of amides is 1. The number of pyridine rings is 1. The summed E-state index contributed by atoms with van der Waals surface area (Å²) in [4.78, 5) is 27.3. The normalized spacial score (nSPS) is 10.5. The Morgan fingerprint density at radius 2 is 1.93 bits per heavy atom. The summed E-state index contributed by atoms with van der Waals surface area (Å²) in [6.07, 6.45) is 5.74. The Bertz CT molecular complexity index is 944. The number of para-hydroxylation sites is 1. The standard InChI is InChI=1S/C22H24N4O2/c1-16-8-4-5-10-20(16)28-13-7-12-26(3)22(27)19-15-24-21(25-17(19)2)18-9-6-11-23-14-18/h4-6,8-11,14-15H,7,12-13H2,1-3H3. The molecule has 6 heteroatoms. The van der Waals surface area contributed by atoms with Gasteiger partial charge in [0.05, 0.1) is 17.9 Å². The van der Waals surface area contributed by atoms with Crippen molar-refractivity contribution in [3.05, 3.63) is 71.8 Å². The summed E-state index contributed by atoms with van der Waals surface area (Å²) >= 11 is 0. The second-order valence-corrected chi connectivity index (χ2v) is 6.63. The second-order valence-electron chi connectivity index (χ2n) is 6.63. The highest BCUT2D eigenvalue weighted by Gasteiger charge is 2.16. The molecule has 0 spiro atoms. The summed E-state index contributed by atoms with van der Waals surface area (Å²) < 4.78 is 5.79. The molecule has 2 heterocycles. The number of hydrogen-bond donors (Lipinski definition) is 0. The molecule has 0 aliphatic carbocycles. The lowest BCUT2D eigenvalue weighted by Crippen LogP contribution is -2.29. The molecule has 2 aromatic heterocycles. The highest BCUT2D eigenvalue weighted by atomic mass is 16.5. The lowest BCUT2D eigenvalue weighted by Gasteiger charge is -2.18. The van der Waals surface area contributed by atoms with Crippen LogP contribution in [0.5, 0.6) is 5.75 Å². The average molecular weight is 376 g/mol. The SMILES string of the molecule is Cc1ccccc1OCCCN(C)C(=O)c1cnc(-c2cccnc2)nc1C. The van der Waals surface area contributed by atoms with Crippen LogP contribution < -0.4 is 4.74 Å². The monoisotopic (exact) mass is 376 g/mol. The summed E-state index contributed by atoms with van der Waals surface area (Å²) in [5, 5.41) is 0. The van der Waals surface area contributed by atoms with Crippen LogP contribution in [0.25, 0.3) is 11.4 Å². The van der Waals surface area contributed by atoms with Crippen molar-refractivity contribution >= 4 is 5.91 Å². The van der Waals surface area contributed by atoms with E-state index in [-0.39, 0.29) is 5.91 Å². The van der Waals surface area contributed by atoms with Gasteiger partial charge in [-0.25, -0.2) is 9.97 Å². The number of carbonyl (C=O) groups is 1. The third-order valence-corrected chi connectivity index (χ3v) is 4.47. The first-order valence-electron chi connectivity index (χ1n) is 9.24. The van der Waals surface area contributed by atoms with E-state index in [1.54, 1.807) is 30.5 Å². The van der Waals surface area contributed by atoms with Gasteiger partial charge in [-0.2, -0.15) is 0 Å². The van der Waals surface area contributed by atoms with Gasteiger partial charge in [-0.3, -0.25) is 9.78 Å². The number of aryl methyl sites for hydroxylation is 2. The van der Waals surface area contributed by atoms with E-state index in [0.29, 0.717) is 30.2 Å². The molecule has 0 aliphatic heterocycles. The second kappa shape index (κ2) is 9.08. The maximum absolute atomic E-state index is 12.7. The van der Waals surface area contributed by atoms with Crippen LogP contribution >= 0.6 is 0 Å². The molecule has 0 N–H and O–H groups in total. The summed E-state index contributed by atoms with van der Waals surface area (Å²) in [6.45, 7) is 4.99. The van der Waals surface area contributed by atoms with Gasteiger partial charge < -0.3 is 9.64 Å². The predicted molar refractivity (Wildman–Crippen MR) is 108 cm³/mol. The molecule has 3 rings (SSSR count). The molecule has 0 atom stereocenters. The number of rotatable bonds is 7. The first kappa shape index (κ1) is 19.5. The van der Waals surface area contributed by atoms with Crippen LogP contribution in [0.1, 0.15) is 28.0 Å². The molecular formula is C22H24N4O2. The Hall–Kier alpha value is -3.28. The number of ether oxygens (including phenoxy) is 1. The van der Waals surface area contributed by atoms with E-state index < -0.39 is 0 Å².